The summed E-state index contributed by atoms with van der Waals surface area (Å²) in [7, 11) is 1.50. The Morgan fingerprint density at radius 2 is 1.90 bits per heavy atom. The number of carbonyl (C=O) groups excluding carboxylic acids is 2. The molecule has 2 rings (SSSR count). The number of hydrogen-bond donors (Lipinski definition) is 4. The van der Waals surface area contributed by atoms with Crippen molar-refractivity contribution < 1.29 is 34.4 Å². The Balaban J connectivity index is 2.42. The third kappa shape index (κ3) is 10.2. The molecule has 10 heteroatoms. The van der Waals surface area contributed by atoms with Gasteiger partial charge in [0.05, 0.1) is 29.9 Å². The number of rotatable bonds is 17. The molecule has 0 fully saturated rings. The first-order valence-corrected chi connectivity index (χ1v) is 15.5. The van der Waals surface area contributed by atoms with E-state index in [1.54, 1.807) is 23.1 Å². The molecule has 0 bridgehead atoms. The number of nitrogens with zero attached hydrogens (tertiary/aromatic N) is 1. The second-order valence-electron chi connectivity index (χ2n) is 10.7. The lowest BCUT2D eigenvalue weighted by Crippen LogP contribution is -2.55. The van der Waals surface area contributed by atoms with Gasteiger partial charge in [-0.2, -0.15) is 0 Å². The zero-order chi connectivity index (χ0) is 29.7. The third-order valence-electron chi connectivity index (χ3n) is 7.10. The summed E-state index contributed by atoms with van der Waals surface area (Å²) in [5, 5.41) is 33.1. The van der Waals surface area contributed by atoms with Crippen LogP contribution >= 0.6 is 22.6 Å². The molecule has 1 aliphatic rings. The molecule has 0 aromatic heterocycles. The molecular formula is C30H47IN2O7. The molecule has 0 heterocycles. The lowest BCUT2D eigenvalue weighted by atomic mass is 9.87. The molecule has 0 aliphatic heterocycles. The molecule has 0 unspecified atom stereocenters. The van der Waals surface area contributed by atoms with Crippen LogP contribution in [0.2, 0.25) is 0 Å². The summed E-state index contributed by atoms with van der Waals surface area (Å²) in [6.45, 7) is 6.54. The van der Waals surface area contributed by atoms with Crippen molar-refractivity contribution in [2.75, 3.05) is 26.8 Å². The van der Waals surface area contributed by atoms with E-state index in [1.807, 2.05) is 0 Å². The standard InChI is InChI=1S/C30H47IN2O7/c1-5-6-7-8-9-10-27(36)33(13-11-20(2)3)24-17-22(30(38)32-12-14-34)18-25(28(24)37)40-29-23(31)15-21(19-35)16-26(29)39-4/h15-16,18,20,24-25,28,34-35,37H,5-14,17,19H2,1-4H3,(H,32,38)/t24-,25+,28+/m1/s1. The molecule has 1 aromatic carbocycles. The number of amides is 2. The molecule has 4 N–H and O–H groups in total. The van der Waals surface area contributed by atoms with Gasteiger partial charge in [0.2, 0.25) is 11.8 Å². The van der Waals surface area contributed by atoms with Gasteiger partial charge in [0, 0.05) is 31.5 Å². The summed E-state index contributed by atoms with van der Waals surface area (Å²) in [5.74, 6) is 0.729. The Morgan fingerprint density at radius 1 is 1.18 bits per heavy atom. The number of nitrogens with one attached hydrogen (secondary N) is 1. The van der Waals surface area contributed by atoms with E-state index < -0.39 is 18.2 Å². The Morgan fingerprint density at radius 3 is 2.52 bits per heavy atom. The van der Waals surface area contributed by atoms with Gasteiger partial charge in [-0.1, -0.05) is 46.5 Å². The fourth-order valence-electron chi connectivity index (χ4n) is 4.79. The zero-order valence-corrected chi connectivity index (χ0v) is 26.5. The molecule has 0 spiro atoms. The average molecular weight is 675 g/mol. The van der Waals surface area contributed by atoms with Crippen molar-refractivity contribution >= 4 is 34.4 Å². The first kappa shape index (κ1) is 34.3. The number of aliphatic hydroxyl groups is 3. The number of halogens is 1. The number of methoxy groups -OCH3 is 1. The first-order chi connectivity index (χ1) is 19.2. The van der Waals surface area contributed by atoms with Gasteiger partial charge in [0.25, 0.3) is 0 Å². The Hall–Kier alpha value is -1.89. The van der Waals surface area contributed by atoms with E-state index >= 15 is 0 Å². The molecule has 226 valence electrons. The van der Waals surface area contributed by atoms with Gasteiger partial charge < -0.3 is 35.0 Å². The van der Waals surface area contributed by atoms with E-state index in [0.717, 1.165) is 38.5 Å². The molecule has 3 atom stereocenters. The highest BCUT2D eigenvalue weighted by Gasteiger charge is 2.40. The normalized spacial score (nSPS) is 18.8. The lowest BCUT2D eigenvalue weighted by Gasteiger charge is -2.41. The highest BCUT2D eigenvalue weighted by molar-refractivity contribution is 14.1. The zero-order valence-electron chi connectivity index (χ0n) is 24.3. The van der Waals surface area contributed by atoms with Gasteiger partial charge in [0.1, 0.15) is 12.2 Å². The topological polar surface area (TPSA) is 129 Å². The number of aliphatic hydroxyl groups excluding tert-OH is 3. The van der Waals surface area contributed by atoms with Crippen LogP contribution in [0.3, 0.4) is 0 Å². The first-order valence-electron chi connectivity index (χ1n) is 14.4. The Bertz CT molecular complexity index is 985. The van der Waals surface area contributed by atoms with E-state index in [9.17, 15) is 24.9 Å². The molecule has 2 amide bonds. The summed E-state index contributed by atoms with van der Waals surface area (Å²) in [6, 6.07) is 2.77. The molecule has 1 aliphatic carbocycles. The number of hydrogen-bond acceptors (Lipinski definition) is 7. The highest BCUT2D eigenvalue weighted by Crippen LogP contribution is 2.37. The molecular weight excluding hydrogens is 627 g/mol. The van der Waals surface area contributed by atoms with Crippen LogP contribution in [-0.2, 0) is 16.2 Å². The minimum atomic E-state index is -1.09. The van der Waals surface area contributed by atoms with Crippen LogP contribution in [0.4, 0.5) is 0 Å². The summed E-state index contributed by atoms with van der Waals surface area (Å²) in [6.07, 6.45) is 6.02. The monoisotopic (exact) mass is 674 g/mol. The van der Waals surface area contributed by atoms with E-state index in [-0.39, 0.29) is 38.0 Å². The van der Waals surface area contributed by atoms with Crippen molar-refractivity contribution in [2.45, 2.75) is 97.0 Å². The predicted molar refractivity (Wildman–Crippen MR) is 163 cm³/mol. The lowest BCUT2D eigenvalue weighted by molar-refractivity contribution is -0.139. The summed E-state index contributed by atoms with van der Waals surface area (Å²) in [4.78, 5) is 28.3. The predicted octanol–water partition coefficient (Wildman–Crippen LogP) is 3.94. The van der Waals surface area contributed by atoms with E-state index in [1.165, 1.54) is 7.11 Å². The maximum Gasteiger partial charge on any atom is 0.247 e. The van der Waals surface area contributed by atoms with Crippen molar-refractivity contribution in [1.29, 1.82) is 0 Å². The summed E-state index contributed by atoms with van der Waals surface area (Å²) >= 11 is 2.08. The van der Waals surface area contributed by atoms with Crippen LogP contribution < -0.4 is 14.8 Å². The van der Waals surface area contributed by atoms with Gasteiger partial charge in [-0.3, -0.25) is 9.59 Å². The van der Waals surface area contributed by atoms with Gasteiger partial charge in [-0.25, -0.2) is 0 Å². The van der Waals surface area contributed by atoms with Crippen LogP contribution in [0.5, 0.6) is 11.5 Å². The number of carbonyl (C=O) groups is 2. The van der Waals surface area contributed by atoms with Crippen molar-refractivity contribution in [3.05, 3.63) is 32.9 Å². The minimum absolute atomic E-state index is 0.0311. The molecule has 9 nitrogen and oxygen atoms in total. The van der Waals surface area contributed by atoms with Gasteiger partial charge in [0.15, 0.2) is 11.5 Å². The van der Waals surface area contributed by atoms with Crippen molar-refractivity contribution in [3.63, 3.8) is 0 Å². The largest absolute Gasteiger partial charge is 0.493 e. The van der Waals surface area contributed by atoms with Crippen LogP contribution in [0.1, 0.15) is 77.7 Å². The average Bonchev–Trinajstić information content (AvgIpc) is 2.93. The smallest absolute Gasteiger partial charge is 0.247 e. The molecule has 0 saturated carbocycles. The second kappa shape index (κ2) is 17.8. The SMILES string of the molecule is CCCCCCCC(=O)N(CCC(C)C)[C@@H]1CC(C(=O)NCCO)=C[C@H](Oc2c(I)cc(CO)cc2OC)[C@H]1O. The van der Waals surface area contributed by atoms with E-state index in [4.69, 9.17) is 9.47 Å². The maximum absolute atomic E-state index is 13.5. The molecule has 0 saturated heterocycles. The molecule has 0 radical (unpaired) electrons. The van der Waals surface area contributed by atoms with E-state index in [0.29, 0.717) is 45.1 Å². The van der Waals surface area contributed by atoms with Crippen molar-refractivity contribution in [1.82, 2.24) is 10.2 Å². The summed E-state index contributed by atoms with van der Waals surface area (Å²) < 4.78 is 12.5. The Kier molecular flexibility index (Phi) is 15.3. The summed E-state index contributed by atoms with van der Waals surface area (Å²) in [5.41, 5.74) is 1.04. The highest BCUT2D eigenvalue weighted by atomic mass is 127. The van der Waals surface area contributed by atoms with Crippen LogP contribution in [0, 0.1) is 9.49 Å². The number of ether oxygens (including phenoxy) is 2. The molecule has 40 heavy (non-hydrogen) atoms. The Labute approximate surface area is 252 Å². The quantitative estimate of drug-likeness (QED) is 0.146. The van der Waals surface area contributed by atoms with Gasteiger partial charge in [-0.15, -0.1) is 0 Å². The fraction of sp³-hybridized carbons (Fsp3) is 0.667. The third-order valence-corrected chi connectivity index (χ3v) is 7.90. The second-order valence-corrected chi connectivity index (χ2v) is 11.9. The van der Waals surface area contributed by atoms with E-state index in [2.05, 4.69) is 48.7 Å². The van der Waals surface area contributed by atoms with Crippen LogP contribution in [0.25, 0.3) is 0 Å². The maximum atomic E-state index is 13.5. The molecule has 1 aromatic rings. The van der Waals surface area contributed by atoms with Crippen LogP contribution in [0.15, 0.2) is 23.8 Å². The minimum Gasteiger partial charge on any atom is -0.493 e. The fourth-order valence-corrected chi connectivity index (χ4v) is 5.58. The van der Waals surface area contributed by atoms with Gasteiger partial charge >= 0.3 is 0 Å². The van der Waals surface area contributed by atoms with Crippen molar-refractivity contribution in [2.24, 2.45) is 5.92 Å². The van der Waals surface area contributed by atoms with Crippen LogP contribution in [-0.4, -0.2) is 77.1 Å². The number of benzene rings is 1. The van der Waals surface area contributed by atoms with Gasteiger partial charge in [-0.05, 0) is 65.1 Å². The van der Waals surface area contributed by atoms with Crippen molar-refractivity contribution in [3.8, 4) is 11.5 Å². The number of unbranched alkanes of at least 4 members (excludes halogenated alkanes) is 4.